The molecule has 110 valence electrons. The van der Waals surface area contributed by atoms with Gasteiger partial charge >= 0.3 is 0 Å². The third-order valence-corrected chi connectivity index (χ3v) is 4.42. The summed E-state index contributed by atoms with van der Waals surface area (Å²) in [5.74, 6) is 0.706. The minimum Gasteiger partial charge on any atom is -0.497 e. The Labute approximate surface area is 125 Å². The van der Waals surface area contributed by atoms with Crippen LogP contribution in [0.5, 0.6) is 5.75 Å². The molecule has 0 saturated heterocycles. The number of nitrogens with zero attached hydrogens (tertiary/aromatic N) is 1. The molecule has 3 heteroatoms. The van der Waals surface area contributed by atoms with Gasteiger partial charge in [-0.2, -0.15) is 0 Å². The first kappa shape index (κ1) is 14.1. The van der Waals surface area contributed by atoms with E-state index in [0.717, 1.165) is 24.4 Å². The van der Waals surface area contributed by atoms with Gasteiger partial charge in [-0.3, -0.25) is 4.90 Å². The Kier molecular flexibility index (Phi) is 3.46. The van der Waals surface area contributed by atoms with Crippen molar-refractivity contribution in [1.29, 1.82) is 0 Å². The zero-order chi connectivity index (χ0) is 15.0. The minimum absolute atomic E-state index is 0.155. The first-order chi connectivity index (χ1) is 10.0. The van der Waals surface area contributed by atoms with Gasteiger partial charge in [-0.15, -0.1) is 0 Å². The van der Waals surface area contributed by atoms with E-state index in [1.807, 2.05) is 18.2 Å². The second-order valence-electron chi connectivity index (χ2n) is 6.06. The first-order valence-electron chi connectivity index (χ1n) is 7.17. The number of hydrogen-bond donors (Lipinski definition) is 0. The maximum absolute atomic E-state index is 13.5. The van der Waals surface area contributed by atoms with E-state index < -0.39 is 0 Å². The second-order valence-corrected chi connectivity index (χ2v) is 6.06. The highest BCUT2D eigenvalue weighted by molar-refractivity contribution is 5.38. The Morgan fingerprint density at radius 1 is 1.14 bits per heavy atom. The van der Waals surface area contributed by atoms with Gasteiger partial charge in [0.25, 0.3) is 0 Å². The van der Waals surface area contributed by atoms with E-state index in [2.05, 4.69) is 30.9 Å². The Balaban J connectivity index is 1.84. The largest absolute Gasteiger partial charge is 0.497 e. The van der Waals surface area contributed by atoms with Crippen LogP contribution in [0.15, 0.2) is 42.5 Å². The van der Waals surface area contributed by atoms with Crippen LogP contribution >= 0.6 is 0 Å². The highest BCUT2D eigenvalue weighted by atomic mass is 19.1. The van der Waals surface area contributed by atoms with Crippen LogP contribution in [0.25, 0.3) is 0 Å². The number of hydrogen-bond acceptors (Lipinski definition) is 2. The molecule has 2 aromatic carbocycles. The third kappa shape index (κ3) is 2.54. The normalized spacial score (nSPS) is 16.8. The molecule has 0 spiro atoms. The van der Waals surface area contributed by atoms with Crippen molar-refractivity contribution in [2.45, 2.75) is 32.5 Å². The molecule has 3 rings (SSSR count). The lowest BCUT2D eigenvalue weighted by Gasteiger charge is -2.32. The summed E-state index contributed by atoms with van der Waals surface area (Å²) in [6.45, 7) is 6.01. The van der Waals surface area contributed by atoms with Gasteiger partial charge in [0.2, 0.25) is 0 Å². The number of methoxy groups -OCH3 is 1. The number of ether oxygens (including phenoxy) is 1. The molecule has 1 aliphatic heterocycles. The van der Waals surface area contributed by atoms with Gasteiger partial charge in [-0.05, 0) is 54.8 Å². The molecule has 0 N–H and O–H groups in total. The summed E-state index contributed by atoms with van der Waals surface area (Å²) in [5.41, 5.74) is 3.39. The van der Waals surface area contributed by atoms with Gasteiger partial charge in [-0.25, -0.2) is 4.39 Å². The summed E-state index contributed by atoms with van der Waals surface area (Å²) in [7, 11) is 1.67. The standard InChI is InChI=1S/C18H20FNO/c1-18(2)17-10-15(19)7-6-14(17)12-20(18)11-13-4-8-16(21-3)9-5-13/h4-10H,11-12H2,1-3H3. The number of rotatable bonds is 3. The number of halogens is 1. The monoisotopic (exact) mass is 285 g/mol. The molecule has 0 amide bonds. The molecule has 0 saturated carbocycles. The molecular formula is C18H20FNO. The van der Waals surface area contributed by atoms with Crippen LogP contribution < -0.4 is 4.74 Å². The molecule has 0 bridgehead atoms. The van der Waals surface area contributed by atoms with Crippen LogP contribution in [0.3, 0.4) is 0 Å². The lowest BCUT2D eigenvalue weighted by molar-refractivity contribution is 0.127. The van der Waals surface area contributed by atoms with E-state index in [0.29, 0.717) is 0 Å². The van der Waals surface area contributed by atoms with Gasteiger partial charge in [-0.1, -0.05) is 18.2 Å². The van der Waals surface area contributed by atoms with Crippen LogP contribution in [-0.4, -0.2) is 12.0 Å². The lowest BCUT2D eigenvalue weighted by Crippen LogP contribution is -2.34. The molecule has 21 heavy (non-hydrogen) atoms. The molecule has 1 heterocycles. The Morgan fingerprint density at radius 2 is 1.86 bits per heavy atom. The fourth-order valence-corrected chi connectivity index (χ4v) is 3.03. The van der Waals surface area contributed by atoms with E-state index >= 15 is 0 Å². The summed E-state index contributed by atoms with van der Waals surface area (Å²) in [4.78, 5) is 2.37. The summed E-state index contributed by atoms with van der Waals surface area (Å²) < 4.78 is 18.7. The van der Waals surface area contributed by atoms with E-state index in [-0.39, 0.29) is 11.4 Å². The maximum Gasteiger partial charge on any atom is 0.123 e. The predicted molar refractivity (Wildman–Crippen MR) is 81.7 cm³/mol. The molecule has 1 aliphatic rings. The first-order valence-corrected chi connectivity index (χ1v) is 7.17. The van der Waals surface area contributed by atoms with Crippen molar-refractivity contribution in [3.8, 4) is 5.75 Å². The molecule has 2 nitrogen and oxygen atoms in total. The third-order valence-electron chi connectivity index (χ3n) is 4.42. The van der Waals surface area contributed by atoms with Gasteiger partial charge in [0.15, 0.2) is 0 Å². The molecule has 0 radical (unpaired) electrons. The zero-order valence-electron chi connectivity index (χ0n) is 12.7. The smallest absolute Gasteiger partial charge is 0.123 e. The average Bonchev–Trinajstić information content (AvgIpc) is 2.71. The molecule has 0 aliphatic carbocycles. The lowest BCUT2D eigenvalue weighted by atomic mass is 9.93. The Morgan fingerprint density at radius 3 is 2.52 bits per heavy atom. The topological polar surface area (TPSA) is 12.5 Å². The molecular weight excluding hydrogens is 265 g/mol. The van der Waals surface area contributed by atoms with Crippen molar-refractivity contribution in [3.05, 3.63) is 65.0 Å². The van der Waals surface area contributed by atoms with Gasteiger partial charge in [0.05, 0.1) is 7.11 Å². The highest BCUT2D eigenvalue weighted by Gasteiger charge is 2.37. The van der Waals surface area contributed by atoms with Crippen molar-refractivity contribution in [2.75, 3.05) is 7.11 Å². The van der Waals surface area contributed by atoms with Crippen LogP contribution in [0, 0.1) is 5.82 Å². The summed E-state index contributed by atoms with van der Waals surface area (Å²) >= 11 is 0. The van der Waals surface area contributed by atoms with Gasteiger partial charge in [0, 0.05) is 18.6 Å². The summed E-state index contributed by atoms with van der Waals surface area (Å²) in [6.07, 6.45) is 0. The number of benzene rings is 2. The fourth-order valence-electron chi connectivity index (χ4n) is 3.03. The molecule has 0 unspecified atom stereocenters. The van der Waals surface area contributed by atoms with Crippen LogP contribution in [-0.2, 0) is 18.6 Å². The number of fused-ring (bicyclic) bond motifs is 1. The molecule has 0 aromatic heterocycles. The summed E-state index contributed by atoms with van der Waals surface area (Å²) in [6, 6.07) is 13.2. The van der Waals surface area contributed by atoms with Crippen molar-refractivity contribution >= 4 is 0 Å². The van der Waals surface area contributed by atoms with Crippen LogP contribution in [0.2, 0.25) is 0 Å². The van der Waals surface area contributed by atoms with Crippen LogP contribution in [0.4, 0.5) is 4.39 Å². The van der Waals surface area contributed by atoms with Crippen molar-refractivity contribution < 1.29 is 9.13 Å². The predicted octanol–water partition coefficient (Wildman–Crippen LogP) is 4.09. The minimum atomic E-state index is -0.159. The van der Waals surface area contributed by atoms with E-state index in [4.69, 9.17) is 4.74 Å². The average molecular weight is 285 g/mol. The molecule has 0 fully saturated rings. The van der Waals surface area contributed by atoms with Crippen LogP contribution in [0.1, 0.15) is 30.5 Å². The van der Waals surface area contributed by atoms with Gasteiger partial charge in [0.1, 0.15) is 11.6 Å². The maximum atomic E-state index is 13.5. The highest BCUT2D eigenvalue weighted by Crippen LogP contribution is 2.39. The van der Waals surface area contributed by atoms with Crippen molar-refractivity contribution in [2.24, 2.45) is 0 Å². The summed E-state index contributed by atoms with van der Waals surface area (Å²) in [5, 5.41) is 0. The van der Waals surface area contributed by atoms with E-state index in [9.17, 15) is 4.39 Å². The zero-order valence-corrected chi connectivity index (χ0v) is 12.7. The molecule has 2 aromatic rings. The quantitative estimate of drug-likeness (QED) is 0.842. The van der Waals surface area contributed by atoms with E-state index in [1.165, 1.54) is 11.1 Å². The van der Waals surface area contributed by atoms with Crippen molar-refractivity contribution in [3.63, 3.8) is 0 Å². The van der Waals surface area contributed by atoms with Gasteiger partial charge < -0.3 is 4.74 Å². The fraction of sp³-hybridized carbons (Fsp3) is 0.333. The van der Waals surface area contributed by atoms with E-state index in [1.54, 1.807) is 19.2 Å². The Bertz CT molecular complexity index is 649. The second kappa shape index (κ2) is 5.15. The Hall–Kier alpha value is -1.87. The SMILES string of the molecule is COc1ccc(CN2Cc3ccc(F)cc3C2(C)C)cc1. The molecule has 0 atom stereocenters. The van der Waals surface area contributed by atoms with Crippen molar-refractivity contribution in [1.82, 2.24) is 4.90 Å².